The zero-order valence-electron chi connectivity index (χ0n) is 8.38. The van der Waals surface area contributed by atoms with Crippen molar-refractivity contribution in [3.63, 3.8) is 0 Å². The van der Waals surface area contributed by atoms with E-state index in [-0.39, 0.29) is 37.7 Å². The van der Waals surface area contributed by atoms with E-state index in [4.69, 9.17) is 15.3 Å². The molecule has 1 aromatic carbocycles. The van der Waals surface area contributed by atoms with Crippen LogP contribution in [0.4, 0.5) is 0 Å². The first-order valence-corrected chi connectivity index (χ1v) is 3.91. The van der Waals surface area contributed by atoms with Crippen LogP contribution in [0.3, 0.4) is 0 Å². The molecule has 0 aliphatic heterocycles. The van der Waals surface area contributed by atoms with Gasteiger partial charge in [0.2, 0.25) is 0 Å². The molecule has 0 saturated heterocycles. The van der Waals surface area contributed by atoms with Gasteiger partial charge in [-0.25, -0.2) is 14.4 Å². The molecule has 0 bridgehead atoms. The van der Waals surface area contributed by atoms with Crippen LogP contribution < -0.4 is 0 Å². The van der Waals surface area contributed by atoms with Gasteiger partial charge in [0.15, 0.2) is 0 Å². The Balaban J connectivity index is 0.00000256. The van der Waals surface area contributed by atoms with E-state index in [9.17, 15) is 19.5 Å². The summed E-state index contributed by atoms with van der Waals surface area (Å²) in [5, 5.41) is 35.2. The van der Waals surface area contributed by atoms with Gasteiger partial charge < -0.3 is 20.4 Å². The van der Waals surface area contributed by atoms with Crippen molar-refractivity contribution in [2.24, 2.45) is 0 Å². The van der Waals surface area contributed by atoms with Gasteiger partial charge in [0.05, 0.1) is 11.1 Å². The summed E-state index contributed by atoms with van der Waals surface area (Å²) in [5.41, 5.74) is -2.11. The Labute approximate surface area is 124 Å². The molecule has 1 rings (SSSR count). The summed E-state index contributed by atoms with van der Waals surface area (Å²) in [6.07, 6.45) is 0. The van der Waals surface area contributed by atoms with Crippen molar-refractivity contribution in [2.75, 3.05) is 0 Å². The molecule has 0 heterocycles. The molecule has 0 saturated carbocycles. The number of carboxylic acid groups (broad SMARTS) is 3. The molecule has 0 atom stereocenters. The third-order valence-corrected chi connectivity index (χ3v) is 1.81. The number of hydrogen-bond acceptors (Lipinski definition) is 4. The van der Waals surface area contributed by atoms with Crippen LogP contribution in [-0.2, 0) is 0 Å². The predicted octanol–water partition coefficient (Wildman–Crippen LogP) is 0.106. The van der Waals surface area contributed by atoms with Gasteiger partial charge in [-0.2, -0.15) is 0 Å². The van der Waals surface area contributed by atoms with Crippen LogP contribution in [0.25, 0.3) is 0 Å². The second-order valence-corrected chi connectivity index (χ2v) is 2.83. The Bertz CT molecular complexity index is 494. The molecule has 2 radical (unpaired) electrons. The second-order valence-electron chi connectivity index (χ2n) is 2.83. The smallest absolute Gasteiger partial charge is 0.340 e. The molecule has 0 aromatic heterocycles. The summed E-state index contributed by atoms with van der Waals surface area (Å²) in [6.45, 7) is 0. The second kappa shape index (κ2) is 5.85. The summed E-state index contributed by atoms with van der Waals surface area (Å²) in [6, 6.07) is 1.35. The van der Waals surface area contributed by atoms with E-state index in [0.29, 0.717) is 12.1 Å². The van der Waals surface area contributed by atoms with Crippen LogP contribution in [-0.4, -0.2) is 76.1 Å². The zero-order valence-corrected chi connectivity index (χ0v) is 10.6. The Hall–Kier alpha value is -1.31. The van der Waals surface area contributed by atoms with E-state index in [1.54, 1.807) is 0 Å². The minimum absolute atomic E-state index is 0. The van der Waals surface area contributed by atoms with E-state index in [2.05, 4.69) is 0 Å². The van der Waals surface area contributed by atoms with Crippen LogP contribution >= 0.6 is 0 Å². The van der Waals surface area contributed by atoms with Crippen LogP contribution in [0.2, 0.25) is 0 Å². The molecule has 0 fully saturated rings. The van der Waals surface area contributed by atoms with Crippen molar-refractivity contribution in [1.82, 2.24) is 0 Å². The SMILES string of the molecule is O=C(O)c1cc(O)c(C(=O)O)c(C(=O)O)c1.[Ca]. The predicted molar refractivity (Wildman–Crippen MR) is 54.7 cm³/mol. The molecule has 0 aliphatic rings. The van der Waals surface area contributed by atoms with Crippen molar-refractivity contribution in [1.29, 1.82) is 0 Å². The fraction of sp³-hybridized carbons (Fsp3) is 0. The Morgan fingerprint density at radius 1 is 0.882 bits per heavy atom. The number of aromatic hydroxyl groups is 1. The van der Waals surface area contributed by atoms with E-state index in [0.717, 1.165) is 0 Å². The minimum Gasteiger partial charge on any atom is -0.507 e. The molecular formula is C9H6CaO7. The van der Waals surface area contributed by atoms with Gasteiger partial charge in [-0.05, 0) is 12.1 Å². The number of hydrogen-bond donors (Lipinski definition) is 4. The Kier molecular flexibility index (Phi) is 5.40. The molecule has 0 aliphatic carbocycles. The van der Waals surface area contributed by atoms with Crippen molar-refractivity contribution in [3.05, 3.63) is 28.8 Å². The molecular weight excluding hydrogens is 260 g/mol. The van der Waals surface area contributed by atoms with Crippen LogP contribution in [0.15, 0.2) is 12.1 Å². The van der Waals surface area contributed by atoms with E-state index >= 15 is 0 Å². The van der Waals surface area contributed by atoms with Gasteiger partial charge in [0.25, 0.3) is 0 Å². The monoisotopic (exact) mass is 266 g/mol. The molecule has 0 unspecified atom stereocenters. The standard InChI is InChI=1S/C9H6O7.Ca/c10-5-2-3(7(11)12)1-4(8(13)14)6(5)9(15)16;/h1-2,10H,(H,11,12)(H,13,14)(H,15,16);. The maximum atomic E-state index is 10.7. The first-order chi connectivity index (χ1) is 7.34. The topological polar surface area (TPSA) is 132 Å². The van der Waals surface area contributed by atoms with Gasteiger partial charge in [-0.3, -0.25) is 0 Å². The van der Waals surface area contributed by atoms with Gasteiger partial charge in [0, 0.05) is 37.7 Å². The third kappa shape index (κ3) is 3.32. The fourth-order valence-corrected chi connectivity index (χ4v) is 1.14. The molecule has 1 aromatic rings. The fourth-order valence-electron chi connectivity index (χ4n) is 1.14. The summed E-state index contributed by atoms with van der Waals surface area (Å²) >= 11 is 0. The summed E-state index contributed by atoms with van der Waals surface area (Å²) in [7, 11) is 0. The maximum absolute atomic E-state index is 10.7. The van der Waals surface area contributed by atoms with E-state index in [1.807, 2.05) is 0 Å². The first kappa shape index (κ1) is 15.7. The molecule has 7 nitrogen and oxygen atoms in total. The number of benzene rings is 1. The molecule has 4 N–H and O–H groups in total. The van der Waals surface area contributed by atoms with Crippen LogP contribution in [0, 0.1) is 0 Å². The number of rotatable bonds is 3. The van der Waals surface area contributed by atoms with Crippen molar-refractivity contribution in [2.45, 2.75) is 0 Å². The zero-order chi connectivity index (χ0) is 12.5. The van der Waals surface area contributed by atoms with Gasteiger partial charge >= 0.3 is 17.9 Å². The minimum atomic E-state index is -1.65. The van der Waals surface area contributed by atoms with Crippen molar-refractivity contribution < 1.29 is 34.8 Å². The van der Waals surface area contributed by atoms with Gasteiger partial charge in [-0.1, -0.05) is 0 Å². The van der Waals surface area contributed by atoms with Crippen molar-refractivity contribution in [3.8, 4) is 5.75 Å². The number of carbonyl (C=O) groups is 3. The van der Waals surface area contributed by atoms with E-state index < -0.39 is 40.3 Å². The molecule has 8 heteroatoms. The largest absolute Gasteiger partial charge is 0.507 e. The first-order valence-electron chi connectivity index (χ1n) is 3.91. The summed E-state index contributed by atoms with van der Waals surface area (Å²) in [4.78, 5) is 31.9. The average Bonchev–Trinajstić information content (AvgIpc) is 2.15. The van der Waals surface area contributed by atoms with Crippen LogP contribution in [0.1, 0.15) is 31.1 Å². The molecule has 17 heavy (non-hydrogen) atoms. The molecule has 0 spiro atoms. The maximum Gasteiger partial charge on any atom is 0.340 e. The molecule has 0 amide bonds. The average molecular weight is 266 g/mol. The molecule has 86 valence electrons. The third-order valence-electron chi connectivity index (χ3n) is 1.81. The number of phenols is 1. The van der Waals surface area contributed by atoms with Crippen molar-refractivity contribution >= 4 is 55.6 Å². The summed E-state index contributed by atoms with van der Waals surface area (Å²) < 4.78 is 0. The quantitative estimate of drug-likeness (QED) is 0.570. The van der Waals surface area contributed by atoms with Gasteiger partial charge in [0.1, 0.15) is 11.3 Å². The summed E-state index contributed by atoms with van der Waals surface area (Å²) in [5.74, 6) is -5.64. The normalized spacial score (nSPS) is 9.18. The number of aromatic carboxylic acids is 3. The Morgan fingerprint density at radius 2 is 1.41 bits per heavy atom. The van der Waals surface area contributed by atoms with Gasteiger partial charge in [-0.15, -0.1) is 0 Å². The van der Waals surface area contributed by atoms with E-state index in [1.165, 1.54) is 0 Å². The number of carboxylic acids is 3. The van der Waals surface area contributed by atoms with Crippen LogP contribution in [0.5, 0.6) is 5.75 Å². The Morgan fingerprint density at radius 3 is 1.76 bits per heavy atom.